The predicted octanol–water partition coefficient (Wildman–Crippen LogP) is 21.4. The van der Waals surface area contributed by atoms with Crippen LogP contribution in [0.4, 0.5) is 0 Å². The molecule has 0 spiro atoms. The molecule has 2 N–H and O–H groups in total. The number of rotatable bonds is 65. The van der Waals surface area contributed by atoms with Crippen LogP contribution in [0.15, 0.2) is 117 Å². The molecular formula is C92H150N4O16Rh2S4. The first-order valence-electron chi connectivity index (χ1n) is 46.1. The third-order valence-electron chi connectivity index (χ3n) is 24.4. The molecule has 0 bridgehead atoms. The van der Waals surface area contributed by atoms with Crippen molar-refractivity contribution in [2.75, 3.05) is 26.2 Å². The minimum absolute atomic E-state index is 0. The van der Waals surface area contributed by atoms with E-state index in [0.717, 1.165) is 112 Å². The van der Waals surface area contributed by atoms with Crippen LogP contribution in [0.2, 0.25) is 0 Å². The molecule has 4 aromatic carbocycles. The van der Waals surface area contributed by atoms with Gasteiger partial charge in [0.15, 0.2) is 0 Å². The normalized spacial score (nSPS) is 19.1. The van der Waals surface area contributed by atoms with Crippen molar-refractivity contribution < 1.29 is 112 Å². The largest absolute Gasteiger partial charge is 0.364 e. The zero-order chi connectivity index (χ0) is 82.7. The van der Waals surface area contributed by atoms with E-state index in [1.165, 1.54) is 210 Å². The maximum Gasteiger partial charge on any atom is 0.243 e. The topological polar surface area (TPSA) is 245 Å². The molecule has 4 aliphatic rings. The Balaban J connectivity index is 0.0000108. The number of benzene rings is 4. The molecule has 0 aromatic heterocycles. The molecule has 4 unspecified atom stereocenters. The van der Waals surface area contributed by atoms with Gasteiger partial charge in [0.05, 0.1) is 43.7 Å². The SMILES string of the molecule is CCCCCCCCCCCCc1ccc(S(=O)(=O)N2CCC[C@H]2C(O)OOC(OOC(OOC(O)[C@@H]2CCCN2S(=O)(=O)c2ccc(CCCCCCCCCCCC)cc2)[C@@H]2CCCN2S(=O)(=O)c2ccc(CCCCCCCCCCCC)cc2)[C@@H]2CCCN2S(=O)(=O)c2ccc(CCCCCCCCCCCC)cc2)cc1.[Rh].[Rh]. The van der Waals surface area contributed by atoms with Crippen molar-refractivity contribution in [2.24, 2.45) is 0 Å². The van der Waals surface area contributed by atoms with E-state index in [-0.39, 0.29) is 110 Å². The van der Waals surface area contributed by atoms with Crippen molar-refractivity contribution in [1.29, 1.82) is 0 Å². The van der Waals surface area contributed by atoms with Crippen molar-refractivity contribution in [3.05, 3.63) is 119 Å². The molecule has 8 rings (SSSR count). The molecule has 0 saturated carbocycles. The summed E-state index contributed by atoms with van der Waals surface area (Å²) in [5, 5.41) is 24.2. The van der Waals surface area contributed by atoms with E-state index in [0.29, 0.717) is 25.7 Å². The van der Waals surface area contributed by atoms with E-state index in [9.17, 15) is 27.0 Å². The van der Waals surface area contributed by atoms with E-state index in [4.69, 9.17) is 29.3 Å². The molecule has 4 aliphatic heterocycles. The van der Waals surface area contributed by atoms with Gasteiger partial charge in [0.2, 0.25) is 65.3 Å². The summed E-state index contributed by atoms with van der Waals surface area (Å²) < 4.78 is 124. The monoisotopic (exact) mass is 1900 g/mol. The fourth-order valence-corrected chi connectivity index (χ4v) is 24.0. The zero-order valence-corrected chi connectivity index (χ0v) is 78.7. The summed E-state index contributed by atoms with van der Waals surface area (Å²) in [6, 6.07) is 22.6. The summed E-state index contributed by atoms with van der Waals surface area (Å²) in [6.07, 6.45) is 45.7. The van der Waals surface area contributed by atoms with Gasteiger partial charge in [-0.3, -0.25) is 0 Å². The molecule has 0 aliphatic carbocycles. The Kier molecular flexibility index (Phi) is 51.2. The van der Waals surface area contributed by atoms with Gasteiger partial charge in [-0.2, -0.15) is 36.8 Å². The molecule has 4 saturated heterocycles. The third kappa shape index (κ3) is 34.3. The van der Waals surface area contributed by atoms with Crippen LogP contribution < -0.4 is 0 Å². The maximum atomic E-state index is 15.1. The average Bonchev–Trinajstić information content (AvgIpc) is 1.59. The van der Waals surface area contributed by atoms with Gasteiger partial charge in [-0.25, -0.2) is 43.4 Å². The number of aliphatic hydroxyl groups is 2. The first-order chi connectivity index (χ1) is 56.3. The third-order valence-corrected chi connectivity index (χ3v) is 32.2. The minimum atomic E-state index is -4.35. The van der Waals surface area contributed by atoms with E-state index in [1.807, 2.05) is 48.5 Å². The number of aliphatic hydroxyl groups excluding tert-OH is 2. The standard InChI is InChI=1S/C92H150N4O16S4.2Rh/c1-5-9-13-17-21-25-29-33-37-41-49-77-57-65-81(66-58-77)113(99,100)93-73-45-53-85(93)89(97)107-109-91(87-55-47-75-95(87)115(103,104)83-69-61-79(62-70-83)51-43-39-35-31-27-23-19-15-11-7-3)111-112-92(88-56-48-76-96(88)116(105,106)84-71-63-80(64-72-84)52-44-40-36-32-28-24-20-16-12-8-4)110-108-90(98)86-54-46-74-94(86)114(101,102)82-67-59-78(60-68-82)50-42-38-34-30-26-22-18-14-10-6-2;;/h57-72,85-92,97-98H,5-56,73-76H2,1-4H3;;/t85-,86-,87-,88-,89?,90?,91?,92?;;/m0../s1. The van der Waals surface area contributed by atoms with Crippen LogP contribution in [0, 0.1) is 0 Å². The van der Waals surface area contributed by atoms with Crippen molar-refractivity contribution >= 4 is 40.1 Å². The van der Waals surface area contributed by atoms with Gasteiger partial charge in [0.25, 0.3) is 0 Å². The predicted molar refractivity (Wildman–Crippen MR) is 462 cm³/mol. The second-order valence-electron chi connectivity index (χ2n) is 33.7. The van der Waals surface area contributed by atoms with E-state index in [2.05, 4.69) is 27.7 Å². The van der Waals surface area contributed by atoms with Gasteiger partial charge in [0.1, 0.15) is 0 Å². The zero-order valence-electron chi connectivity index (χ0n) is 72.2. The summed E-state index contributed by atoms with van der Waals surface area (Å²) in [5.74, 6) is 0. The Hall–Kier alpha value is -2.55. The van der Waals surface area contributed by atoms with Crippen LogP contribution in [-0.2, 0) is 134 Å². The number of hydrogen-bond donors (Lipinski definition) is 2. The molecule has 8 atom stereocenters. The van der Waals surface area contributed by atoms with E-state index in [1.54, 1.807) is 48.5 Å². The molecule has 118 heavy (non-hydrogen) atoms. The van der Waals surface area contributed by atoms with Crippen LogP contribution in [0.3, 0.4) is 0 Å². The van der Waals surface area contributed by atoms with Gasteiger partial charge < -0.3 is 10.2 Å². The van der Waals surface area contributed by atoms with Crippen LogP contribution >= 0.6 is 0 Å². The second-order valence-corrected chi connectivity index (χ2v) is 41.3. The molecule has 4 heterocycles. The van der Waals surface area contributed by atoms with Crippen molar-refractivity contribution in [2.45, 2.75) is 430 Å². The van der Waals surface area contributed by atoms with E-state index < -0.39 is 89.4 Å². The van der Waals surface area contributed by atoms with Crippen LogP contribution in [-0.4, -0.2) is 137 Å². The Labute approximate surface area is 739 Å². The van der Waals surface area contributed by atoms with Crippen LogP contribution in [0.5, 0.6) is 0 Å². The molecule has 0 amide bonds. The fraction of sp³-hybridized carbons (Fsp3) is 0.739. The Morgan fingerprint density at radius 3 is 0.636 bits per heavy atom. The minimum Gasteiger partial charge on any atom is -0.364 e. The second kappa shape index (κ2) is 57.9. The van der Waals surface area contributed by atoms with E-state index >= 15 is 16.8 Å². The number of hydrogen-bond acceptors (Lipinski definition) is 16. The Morgan fingerprint density at radius 1 is 0.263 bits per heavy atom. The summed E-state index contributed by atoms with van der Waals surface area (Å²) in [7, 11) is -17.1. The van der Waals surface area contributed by atoms with Crippen molar-refractivity contribution in [1.82, 2.24) is 17.2 Å². The van der Waals surface area contributed by atoms with Crippen LogP contribution in [0.1, 0.15) is 358 Å². The molecule has 20 nitrogen and oxygen atoms in total. The number of aryl methyl sites for hydroxylation is 4. The fourth-order valence-electron chi connectivity index (χ4n) is 17.2. The number of unbranched alkanes of at least 4 members (excludes halogenated alkanes) is 36. The smallest absolute Gasteiger partial charge is 0.243 e. The summed E-state index contributed by atoms with van der Waals surface area (Å²) in [5.41, 5.74) is 4.06. The van der Waals surface area contributed by atoms with Crippen molar-refractivity contribution in [3.63, 3.8) is 0 Å². The van der Waals surface area contributed by atoms with Crippen LogP contribution in [0.25, 0.3) is 0 Å². The maximum absolute atomic E-state index is 15.1. The van der Waals surface area contributed by atoms with Crippen molar-refractivity contribution in [3.8, 4) is 0 Å². The van der Waals surface area contributed by atoms with Gasteiger partial charge >= 0.3 is 0 Å². The Bertz CT molecular complexity index is 3540. The van der Waals surface area contributed by atoms with Gasteiger partial charge in [0, 0.05) is 65.1 Å². The molecule has 26 heteroatoms. The van der Waals surface area contributed by atoms with Gasteiger partial charge in [-0.1, -0.05) is 307 Å². The average molecular weight is 1900 g/mol. The summed E-state index contributed by atoms with van der Waals surface area (Å²) in [4.78, 5) is 36.5. The summed E-state index contributed by atoms with van der Waals surface area (Å²) >= 11 is 0. The number of sulfonamides is 4. The Morgan fingerprint density at radius 2 is 0.432 bits per heavy atom. The molecule has 2 radical (unpaired) electrons. The molecule has 4 aromatic rings. The van der Waals surface area contributed by atoms with Gasteiger partial charge in [-0.15, -0.1) is 0 Å². The quantitative estimate of drug-likeness (QED) is 0.0137. The van der Waals surface area contributed by atoms with Gasteiger partial charge in [-0.05, 0) is 174 Å². The summed E-state index contributed by atoms with van der Waals surface area (Å²) in [6.45, 7) is 9.05. The molecule has 4 fully saturated rings. The molecule has 676 valence electrons. The first kappa shape index (κ1) is 104. The first-order valence-corrected chi connectivity index (χ1v) is 51.9. The molecular weight excluding hydrogens is 1750 g/mol. The number of nitrogens with zero attached hydrogens (tertiary/aromatic N) is 4.